The van der Waals surface area contributed by atoms with E-state index in [4.69, 9.17) is 4.74 Å². The quantitative estimate of drug-likeness (QED) is 0.762. The minimum Gasteiger partial charge on any atom is -0.479 e. The normalized spacial score (nSPS) is 10.1. The Labute approximate surface area is 98.9 Å². The van der Waals surface area contributed by atoms with Crippen molar-refractivity contribution in [3.8, 4) is 17.0 Å². The lowest BCUT2D eigenvalue weighted by molar-refractivity contribution is 0.392. The zero-order chi connectivity index (χ0) is 11.4. The number of hydrogen-bond donors (Lipinski definition) is 0. The Kier molecular flexibility index (Phi) is 3.41. The molecule has 0 aliphatic rings. The van der Waals surface area contributed by atoms with Gasteiger partial charge >= 0.3 is 0 Å². The van der Waals surface area contributed by atoms with E-state index in [-0.39, 0.29) is 0 Å². The van der Waals surface area contributed by atoms with E-state index in [2.05, 4.69) is 10.2 Å². The number of aromatic nitrogens is 2. The summed E-state index contributed by atoms with van der Waals surface area (Å²) < 4.78 is 5.22. The number of thioether (sulfide) groups is 1. The summed E-state index contributed by atoms with van der Waals surface area (Å²) in [5, 5.41) is 8.98. The van der Waals surface area contributed by atoms with Crippen LogP contribution in [0.1, 0.15) is 0 Å². The first-order valence-electron chi connectivity index (χ1n) is 4.86. The van der Waals surface area contributed by atoms with Gasteiger partial charge in [0.15, 0.2) is 0 Å². The smallest absolute Gasteiger partial charge is 0.241 e. The third-order valence-corrected chi connectivity index (χ3v) is 2.84. The molecule has 1 heterocycles. The number of methoxy groups -OCH3 is 1. The molecule has 0 saturated heterocycles. The lowest BCUT2D eigenvalue weighted by Gasteiger charge is -2.07. The average Bonchev–Trinajstić information content (AvgIpc) is 2.39. The molecule has 0 radical (unpaired) electrons. The number of benzene rings is 1. The molecule has 0 aliphatic carbocycles. The summed E-state index contributed by atoms with van der Waals surface area (Å²) in [6.07, 6.45) is 1.98. The van der Waals surface area contributed by atoms with E-state index < -0.39 is 0 Å². The van der Waals surface area contributed by atoms with Gasteiger partial charge < -0.3 is 4.74 Å². The van der Waals surface area contributed by atoms with Crippen LogP contribution in [0.25, 0.3) is 11.1 Å². The average molecular weight is 232 g/mol. The van der Waals surface area contributed by atoms with Crippen LogP contribution in [0.4, 0.5) is 0 Å². The molecule has 0 amide bonds. The maximum atomic E-state index is 5.22. The minimum atomic E-state index is 0.559. The molecule has 0 bridgehead atoms. The molecule has 3 nitrogen and oxygen atoms in total. The van der Waals surface area contributed by atoms with E-state index in [1.165, 1.54) is 0 Å². The molecule has 0 fully saturated rings. The lowest BCUT2D eigenvalue weighted by Crippen LogP contribution is -1.95. The zero-order valence-corrected chi connectivity index (χ0v) is 9.99. The van der Waals surface area contributed by atoms with Gasteiger partial charge in [0.05, 0.1) is 7.11 Å². The third kappa shape index (κ3) is 2.17. The second kappa shape index (κ2) is 4.99. The van der Waals surface area contributed by atoms with Crippen molar-refractivity contribution in [1.29, 1.82) is 0 Å². The SMILES string of the molecule is COc1nnc(SC)cc1-c1ccccc1. The Morgan fingerprint density at radius 3 is 2.50 bits per heavy atom. The largest absolute Gasteiger partial charge is 0.479 e. The van der Waals surface area contributed by atoms with Crippen molar-refractivity contribution in [3.63, 3.8) is 0 Å². The molecule has 1 aromatic heterocycles. The van der Waals surface area contributed by atoms with E-state index in [0.29, 0.717) is 5.88 Å². The molecule has 0 N–H and O–H groups in total. The molecule has 0 atom stereocenters. The monoisotopic (exact) mass is 232 g/mol. The summed E-state index contributed by atoms with van der Waals surface area (Å²) in [6.45, 7) is 0. The molecule has 2 rings (SSSR count). The molecule has 16 heavy (non-hydrogen) atoms. The van der Waals surface area contributed by atoms with E-state index in [0.717, 1.165) is 16.2 Å². The fraction of sp³-hybridized carbons (Fsp3) is 0.167. The number of hydrogen-bond acceptors (Lipinski definition) is 4. The topological polar surface area (TPSA) is 35.0 Å². The fourth-order valence-corrected chi connectivity index (χ4v) is 1.80. The van der Waals surface area contributed by atoms with Crippen molar-refractivity contribution in [2.24, 2.45) is 0 Å². The van der Waals surface area contributed by atoms with Gasteiger partial charge in [0.1, 0.15) is 5.03 Å². The molecular formula is C12H12N2OS. The Morgan fingerprint density at radius 1 is 1.12 bits per heavy atom. The van der Waals surface area contributed by atoms with Crippen molar-refractivity contribution < 1.29 is 4.74 Å². The molecule has 4 heteroatoms. The highest BCUT2D eigenvalue weighted by atomic mass is 32.2. The summed E-state index contributed by atoms with van der Waals surface area (Å²) in [5.74, 6) is 0.559. The molecule has 0 unspecified atom stereocenters. The summed E-state index contributed by atoms with van der Waals surface area (Å²) in [4.78, 5) is 0. The van der Waals surface area contributed by atoms with E-state index in [9.17, 15) is 0 Å². The van der Waals surface area contributed by atoms with Gasteiger partial charge in [0.25, 0.3) is 0 Å². The van der Waals surface area contributed by atoms with Gasteiger partial charge in [0, 0.05) is 5.56 Å². The van der Waals surface area contributed by atoms with Crippen molar-refractivity contribution in [1.82, 2.24) is 10.2 Å². The highest BCUT2D eigenvalue weighted by molar-refractivity contribution is 7.98. The van der Waals surface area contributed by atoms with Crippen LogP contribution in [0.3, 0.4) is 0 Å². The molecule has 1 aromatic carbocycles. The van der Waals surface area contributed by atoms with Crippen LogP contribution in [-0.2, 0) is 0 Å². The Morgan fingerprint density at radius 2 is 1.88 bits per heavy atom. The van der Waals surface area contributed by atoms with Crippen molar-refractivity contribution in [3.05, 3.63) is 36.4 Å². The van der Waals surface area contributed by atoms with Crippen LogP contribution in [0.5, 0.6) is 5.88 Å². The van der Waals surface area contributed by atoms with E-state index in [1.807, 2.05) is 42.7 Å². The Bertz CT molecular complexity index is 474. The van der Waals surface area contributed by atoms with Gasteiger partial charge in [-0.1, -0.05) is 30.3 Å². The second-order valence-electron chi connectivity index (χ2n) is 3.18. The highest BCUT2D eigenvalue weighted by Crippen LogP contribution is 2.29. The summed E-state index contributed by atoms with van der Waals surface area (Å²) >= 11 is 1.57. The molecule has 0 saturated carbocycles. The third-order valence-electron chi connectivity index (χ3n) is 2.22. The maximum Gasteiger partial charge on any atom is 0.241 e. The van der Waals surface area contributed by atoms with Gasteiger partial charge in [-0.2, -0.15) is 0 Å². The summed E-state index contributed by atoms with van der Waals surface area (Å²) in [6, 6.07) is 12.0. The van der Waals surface area contributed by atoms with Crippen LogP contribution < -0.4 is 4.74 Å². The molecule has 0 spiro atoms. The summed E-state index contributed by atoms with van der Waals surface area (Å²) in [7, 11) is 1.61. The van der Waals surface area contributed by atoms with Gasteiger partial charge in [-0.25, -0.2) is 0 Å². The van der Waals surface area contributed by atoms with Crippen molar-refractivity contribution in [2.75, 3.05) is 13.4 Å². The number of nitrogens with zero attached hydrogens (tertiary/aromatic N) is 2. The molecule has 2 aromatic rings. The van der Waals surface area contributed by atoms with Crippen LogP contribution >= 0.6 is 11.8 Å². The standard InChI is InChI=1S/C12H12N2OS/c1-15-12-10(8-11(16-2)13-14-12)9-6-4-3-5-7-9/h3-8H,1-2H3. The highest BCUT2D eigenvalue weighted by Gasteiger charge is 2.08. The lowest BCUT2D eigenvalue weighted by atomic mass is 10.1. The fourth-order valence-electron chi connectivity index (χ4n) is 1.44. The van der Waals surface area contributed by atoms with Gasteiger partial charge in [0.2, 0.25) is 5.88 Å². The van der Waals surface area contributed by atoms with Crippen LogP contribution in [0, 0.1) is 0 Å². The van der Waals surface area contributed by atoms with E-state index >= 15 is 0 Å². The first-order valence-corrected chi connectivity index (χ1v) is 6.08. The number of rotatable bonds is 3. The van der Waals surface area contributed by atoms with Crippen molar-refractivity contribution >= 4 is 11.8 Å². The predicted molar refractivity (Wildman–Crippen MR) is 65.8 cm³/mol. The van der Waals surface area contributed by atoms with Crippen LogP contribution in [0.15, 0.2) is 41.4 Å². The molecule has 0 aliphatic heterocycles. The van der Waals surface area contributed by atoms with Crippen LogP contribution in [-0.4, -0.2) is 23.6 Å². The van der Waals surface area contributed by atoms with Crippen LogP contribution in [0.2, 0.25) is 0 Å². The Balaban J connectivity index is 2.53. The van der Waals surface area contributed by atoms with E-state index in [1.54, 1.807) is 18.9 Å². The summed E-state index contributed by atoms with van der Waals surface area (Å²) in [5.41, 5.74) is 2.06. The van der Waals surface area contributed by atoms with Gasteiger partial charge in [-0.3, -0.25) is 0 Å². The molecule has 82 valence electrons. The van der Waals surface area contributed by atoms with Crippen molar-refractivity contribution in [2.45, 2.75) is 5.03 Å². The maximum absolute atomic E-state index is 5.22. The number of ether oxygens (including phenoxy) is 1. The minimum absolute atomic E-state index is 0.559. The molecular weight excluding hydrogens is 220 g/mol. The first-order chi connectivity index (χ1) is 7.85. The second-order valence-corrected chi connectivity index (χ2v) is 4.00. The van der Waals surface area contributed by atoms with Gasteiger partial charge in [-0.05, 0) is 17.9 Å². The first kappa shape index (κ1) is 11.0. The predicted octanol–water partition coefficient (Wildman–Crippen LogP) is 2.87. The van der Waals surface area contributed by atoms with Gasteiger partial charge in [-0.15, -0.1) is 22.0 Å². The zero-order valence-electron chi connectivity index (χ0n) is 9.18. The Hall–Kier alpha value is -1.55.